The summed E-state index contributed by atoms with van der Waals surface area (Å²) in [5, 5.41) is 12.2. The Bertz CT molecular complexity index is 281. The number of nitrogens with zero attached hydrogens (tertiary/aromatic N) is 2. The summed E-state index contributed by atoms with van der Waals surface area (Å²) in [7, 11) is 0. The highest BCUT2D eigenvalue weighted by Crippen LogP contribution is 1.93. The minimum Gasteiger partial charge on any atom is -0.384 e. The Balaban J connectivity index is 2.51. The summed E-state index contributed by atoms with van der Waals surface area (Å²) in [6, 6.07) is 1.70. The van der Waals surface area contributed by atoms with Crippen LogP contribution < -0.4 is 5.73 Å². The first-order valence-corrected chi connectivity index (χ1v) is 3.18. The van der Waals surface area contributed by atoms with Crippen molar-refractivity contribution in [3.8, 4) is 11.8 Å². The van der Waals surface area contributed by atoms with Crippen molar-refractivity contribution in [1.82, 2.24) is 9.78 Å². The largest absolute Gasteiger partial charge is 0.384 e. The molecule has 0 radical (unpaired) electrons. The van der Waals surface area contributed by atoms with Gasteiger partial charge in [0.05, 0.1) is 0 Å². The smallest absolute Gasteiger partial charge is 0.145 e. The van der Waals surface area contributed by atoms with Gasteiger partial charge in [0.25, 0.3) is 0 Å². The highest BCUT2D eigenvalue weighted by atomic mass is 16.2. The fourth-order valence-electron chi connectivity index (χ4n) is 0.658. The van der Waals surface area contributed by atoms with Crippen LogP contribution in [0.2, 0.25) is 0 Å². The summed E-state index contributed by atoms with van der Waals surface area (Å²) in [5.74, 6) is 5.70. The van der Waals surface area contributed by atoms with Crippen LogP contribution in [0.3, 0.4) is 0 Å². The fourth-order valence-corrected chi connectivity index (χ4v) is 0.658. The number of aromatic nitrogens is 2. The zero-order valence-corrected chi connectivity index (χ0v) is 5.99. The number of nitrogen functional groups attached to an aromatic ring is 1. The van der Waals surface area contributed by atoms with Crippen molar-refractivity contribution in [2.75, 3.05) is 12.3 Å². The van der Waals surface area contributed by atoms with Crippen LogP contribution in [0.5, 0.6) is 0 Å². The number of rotatable bonds is 1. The molecule has 0 aromatic carbocycles. The van der Waals surface area contributed by atoms with Gasteiger partial charge in [0, 0.05) is 6.20 Å². The third kappa shape index (κ3) is 2.32. The molecule has 0 saturated heterocycles. The van der Waals surface area contributed by atoms with Gasteiger partial charge in [0.15, 0.2) is 0 Å². The topological polar surface area (TPSA) is 64.1 Å². The second-order valence-electron chi connectivity index (χ2n) is 1.95. The SMILES string of the molecule is Nc1ccn(CC#CCO)n1. The van der Waals surface area contributed by atoms with Crippen LogP contribution in [0.4, 0.5) is 5.82 Å². The van der Waals surface area contributed by atoms with Crippen LogP contribution in [-0.4, -0.2) is 21.5 Å². The van der Waals surface area contributed by atoms with Crippen molar-refractivity contribution in [2.24, 2.45) is 0 Å². The molecule has 0 bridgehead atoms. The van der Waals surface area contributed by atoms with E-state index < -0.39 is 0 Å². The molecule has 11 heavy (non-hydrogen) atoms. The molecule has 4 heteroatoms. The lowest BCUT2D eigenvalue weighted by molar-refractivity contribution is 0.350. The summed E-state index contributed by atoms with van der Waals surface area (Å²) < 4.78 is 1.61. The third-order valence-electron chi connectivity index (χ3n) is 1.11. The Hall–Kier alpha value is -1.47. The second-order valence-corrected chi connectivity index (χ2v) is 1.95. The maximum absolute atomic E-state index is 8.32. The lowest BCUT2D eigenvalue weighted by Crippen LogP contribution is -1.97. The Morgan fingerprint density at radius 3 is 3.00 bits per heavy atom. The van der Waals surface area contributed by atoms with E-state index >= 15 is 0 Å². The zero-order chi connectivity index (χ0) is 8.10. The molecule has 4 nitrogen and oxygen atoms in total. The molecule has 1 heterocycles. The van der Waals surface area contributed by atoms with Crippen LogP contribution in [0, 0.1) is 11.8 Å². The predicted molar refractivity (Wildman–Crippen MR) is 41.5 cm³/mol. The van der Waals surface area contributed by atoms with Gasteiger partial charge in [-0.15, -0.1) is 0 Å². The van der Waals surface area contributed by atoms with Crippen molar-refractivity contribution < 1.29 is 5.11 Å². The van der Waals surface area contributed by atoms with Gasteiger partial charge in [0.2, 0.25) is 0 Å². The molecule has 3 N–H and O–H groups in total. The van der Waals surface area contributed by atoms with Gasteiger partial charge in [-0.3, -0.25) is 4.68 Å². The molecule has 0 amide bonds. The fraction of sp³-hybridized carbons (Fsp3) is 0.286. The van der Waals surface area contributed by atoms with Crippen LogP contribution in [-0.2, 0) is 6.54 Å². The van der Waals surface area contributed by atoms with Crippen molar-refractivity contribution in [3.63, 3.8) is 0 Å². The molecule has 0 atom stereocenters. The maximum Gasteiger partial charge on any atom is 0.145 e. The molecule has 0 aliphatic heterocycles. The van der Waals surface area contributed by atoms with Gasteiger partial charge in [-0.05, 0) is 6.07 Å². The number of anilines is 1. The predicted octanol–water partition coefficient (Wildman–Crippen LogP) is -0.539. The second kappa shape index (κ2) is 3.64. The van der Waals surface area contributed by atoms with Gasteiger partial charge < -0.3 is 10.8 Å². The molecule has 1 aromatic heterocycles. The van der Waals surface area contributed by atoms with E-state index in [1.807, 2.05) is 0 Å². The van der Waals surface area contributed by atoms with E-state index in [9.17, 15) is 0 Å². The van der Waals surface area contributed by atoms with E-state index in [1.165, 1.54) is 0 Å². The molecule has 0 aliphatic rings. The minimum atomic E-state index is -0.114. The lowest BCUT2D eigenvalue weighted by atomic mass is 10.6. The van der Waals surface area contributed by atoms with E-state index in [-0.39, 0.29) is 6.61 Å². The Morgan fingerprint density at radius 2 is 2.45 bits per heavy atom. The molecule has 0 fully saturated rings. The van der Waals surface area contributed by atoms with Crippen molar-refractivity contribution in [3.05, 3.63) is 12.3 Å². The third-order valence-corrected chi connectivity index (χ3v) is 1.11. The zero-order valence-electron chi connectivity index (χ0n) is 5.99. The highest BCUT2D eigenvalue weighted by molar-refractivity contribution is 5.24. The first kappa shape index (κ1) is 7.63. The average molecular weight is 151 g/mol. The number of hydrogen-bond donors (Lipinski definition) is 2. The quantitative estimate of drug-likeness (QED) is 0.530. The Kier molecular flexibility index (Phi) is 2.53. The first-order chi connectivity index (χ1) is 5.33. The molecule has 1 aromatic rings. The molecule has 0 unspecified atom stereocenters. The van der Waals surface area contributed by atoms with Crippen molar-refractivity contribution in [2.45, 2.75) is 6.54 Å². The molecule has 58 valence electrons. The highest BCUT2D eigenvalue weighted by Gasteiger charge is 1.88. The van der Waals surface area contributed by atoms with Gasteiger partial charge in [-0.2, -0.15) is 5.10 Å². The minimum absolute atomic E-state index is 0.114. The van der Waals surface area contributed by atoms with Crippen molar-refractivity contribution in [1.29, 1.82) is 0 Å². The van der Waals surface area contributed by atoms with Crippen molar-refractivity contribution >= 4 is 5.82 Å². The van der Waals surface area contributed by atoms with Gasteiger partial charge in [-0.1, -0.05) is 11.8 Å². The van der Waals surface area contributed by atoms with Crippen LogP contribution in [0.25, 0.3) is 0 Å². The molecule has 1 rings (SSSR count). The van der Waals surface area contributed by atoms with E-state index in [0.29, 0.717) is 12.4 Å². The van der Waals surface area contributed by atoms with Crippen LogP contribution in [0.1, 0.15) is 0 Å². The van der Waals surface area contributed by atoms with E-state index in [2.05, 4.69) is 16.9 Å². The van der Waals surface area contributed by atoms with Gasteiger partial charge in [0.1, 0.15) is 19.0 Å². The number of aliphatic hydroxyl groups excluding tert-OH is 1. The maximum atomic E-state index is 8.32. The average Bonchev–Trinajstić information content (AvgIpc) is 2.37. The lowest BCUT2D eigenvalue weighted by Gasteiger charge is -1.89. The van der Waals surface area contributed by atoms with Gasteiger partial charge in [-0.25, -0.2) is 0 Å². The number of aliphatic hydroxyl groups is 1. The van der Waals surface area contributed by atoms with E-state index in [4.69, 9.17) is 10.8 Å². The summed E-state index contributed by atoms with van der Waals surface area (Å²) in [5.41, 5.74) is 5.35. The standard InChI is InChI=1S/C7H9N3O/c8-7-3-5-10(9-7)4-1-2-6-11/h3,5,11H,4,6H2,(H2,8,9). The van der Waals surface area contributed by atoms with Crippen LogP contribution >= 0.6 is 0 Å². The molecule has 0 spiro atoms. The Morgan fingerprint density at radius 1 is 1.64 bits per heavy atom. The first-order valence-electron chi connectivity index (χ1n) is 3.18. The monoisotopic (exact) mass is 151 g/mol. The summed E-state index contributed by atoms with van der Waals surface area (Å²) in [4.78, 5) is 0. The number of hydrogen-bond acceptors (Lipinski definition) is 3. The Labute approximate surface area is 64.6 Å². The van der Waals surface area contributed by atoms with E-state index in [1.54, 1.807) is 16.9 Å². The molecule has 0 saturated carbocycles. The molecule has 0 aliphatic carbocycles. The van der Waals surface area contributed by atoms with Gasteiger partial charge >= 0.3 is 0 Å². The molecular weight excluding hydrogens is 142 g/mol. The van der Waals surface area contributed by atoms with Crippen LogP contribution in [0.15, 0.2) is 12.3 Å². The number of nitrogens with two attached hydrogens (primary N) is 1. The normalized spacial score (nSPS) is 8.82. The summed E-state index contributed by atoms with van der Waals surface area (Å²) in [6.45, 7) is 0.356. The molecular formula is C7H9N3O. The summed E-state index contributed by atoms with van der Waals surface area (Å²) >= 11 is 0. The van der Waals surface area contributed by atoms with E-state index in [0.717, 1.165) is 0 Å². The summed E-state index contributed by atoms with van der Waals surface area (Å²) in [6.07, 6.45) is 1.74.